The lowest BCUT2D eigenvalue weighted by molar-refractivity contribution is 0.0929. The summed E-state index contributed by atoms with van der Waals surface area (Å²) in [6.45, 7) is 3.22. The molecule has 0 aliphatic heterocycles. The van der Waals surface area contributed by atoms with Gasteiger partial charge in [-0.25, -0.2) is 0 Å². The van der Waals surface area contributed by atoms with Crippen molar-refractivity contribution in [2.75, 3.05) is 27.2 Å². The number of carbonyl (C=O) groups is 1. The molecule has 1 saturated carbocycles. The quantitative estimate of drug-likeness (QED) is 0.666. The Morgan fingerprint density at radius 1 is 1.17 bits per heavy atom. The van der Waals surface area contributed by atoms with Crippen LogP contribution in [-0.2, 0) is 5.54 Å². The van der Waals surface area contributed by atoms with Gasteiger partial charge in [0.05, 0.1) is 23.0 Å². The van der Waals surface area contributed by atoms with Gasteiger partial charge in [0.2, 0.25) is 0 Å². The highest BCUT2D eigenvalue weighted by Crippen LogP contribution is 2.48. The van der Waals surface area contributed by atoms with Gasteiger partial charge in [-0.3, -0.25) is 9.78 Å². The Balaban J connectivity index is 1.56. The molecule has 1 amide bonds. The molecule has 1 aliphatic carbocycles. The molecular formula is C24H27N3O2. The molecule has 0 unspecified atom stereocenters. The molecule has 29 heavy (non-hydrogen) atoms. The van der Waals surface area contributed by atoms with Crippen LogP contribution in [0, 0.1) is 6.92 Å². The van der Waals surface area contributed by atoms with Gasteiger partial charge >= 0.3 is 0 Å². The second-order valence-electron chi connectivity index (χ2n) is 8.02. The minimum Gasteiger partial charge on any atom is -0.491 e. The Labute approximate surface area is 171 Å². The van der Waals surface area contributed by atoms with Gasteiger partial charge in [0.1, 0.15) is 12.4 Å². The number of carbonyl (C=O) groups excluding carboxylic acids is 1. The van der Waals surface area contributed by atoms with Crippen molar-refractivity contribution in [1.82, 2.24) is 15.2 Å². The first-order valence-electron chi connectivity index (χ1n) is 10.0. The number of aromatic nitrogens is 1. The Morgan fingerprint density at radius 3 is 2.69 bits per heavy atom. The number of fused-ring (bicyclic) bond motifs is 1. The summed E-state index contributed by atoms with van der Waals surface area (Å²) < 4.78 is 5.77. The normalized spacial score (nSPS) is 14.8. The van der Waals surface area contributed by atoms with Crippen LogP contribution < -0.4 is 10.1 Å². The molecule has 0 saturated heterocycles. The maximum Gasteiger partial charge on any atom is 0.253 e. The molecule has 0 atom stereocenters. The van der Waals surface area contributed by atoms with E-state index in [1.54, 1.807) is 12.3 Å². The van der Waals surface area contributed by atoms with Crippen LogP contribution in [0.1, 0.15) is 34.5 Å². The number of ether oxygens (including phenoxy) is 1. The summed E-state index contributed by atoms with van der Waals surface area (Å²) in [6.07, 6.45) is 3.57. The Morgan fingerprint density at radius 2 is 1.93 bits per heavy atom. The zero-order valence-corrected chi connectivity index (χ0v) is 17.2. The van der Waals surface area contributed by atoms with Crippen LogP contribution in [0.25, 0.3) is 10.8 Å². The molecule has 150 valence electrons. The molecule has 5 heteroatoms. The van der Waals surface area contributed by atoms with Gasteiger partial charge in [-0.15, -0.1) is 0 Å². The highest BCUT2D eigenvalue weighted by Gasteiger charge is 2.46. The number of hydrogen-bond donors (Lipinski definition) is 1. The van der Waals surface area contributed by atoms with E-state index in [-0.39, 0.29) is 11.4 Å². The summed E-state index contributed by atoms with van der Waals surface area (Å²) in [5.74, 6) is 0.524. The third-order valence-electron chi connectivity index (χ3n) is 5.52. The van der Waals surface area contributed by atoms with E-state index in [0.29, 0.717) is 23.6 Å². The molecule has 1 fully saturated rings. The summed E-state index contributed by atoms with van der Waals surface area (Å²) in [5.41, 5.74) is 2.16. The van der Waals surface area contributed by atoms with Gasteiger partial charge in [0, 0.05) is 6.54 Å². The van der Waals surface area contributed by atoms with Crippen LogP contribution in [-0.4, -0.2) is 43.0 Å². The van der Waals surface area contributed by atoms with Gasteiger partial charge < -0.3 is 15.0 Å². The Kier molecular flexibility index (Phi) is 5.24. The molecule has 3 aromatic rings. The monoisotopic (exact) mass is 389 g/mol. The topological polar surface area (TPSA) is 54.5 Å². The minimum absolute atomic E-state index is 0.0986. The number of likely N-dealkylation sites (N-methyl/N-ethyl adjacent to an activating group) is 1. The number of nitrogens with one attached hydrogen (secondary N) is 1. The van der Waals surface area contributed by atoms with E-state index in [1.807, 2.05) is 33.2 Å². The smallest absolute Gasteiger partial charge is 0.253 e. The number of benzene rings is 2. The van der Waals surface area contributed by atoms with E-state index in [9.17, 15) is 4.79 Å². The van der Waals surface area contributed by atoms with Crippen molar-refractivity contribution in [2.45, 2.75) is 25.3 Å². The second-order valence-corrected chi connectivity index (χ2v) is 8.02. The number of rotatable bonds is 7. The molecular weight excluding hydrogens is 362 g/mol. The van der Waals surface area contributed by atoms with Crippen LogP contribution in [0.2, 0.25) is 0 Å². The van der Waals surface area contributed by atoms with Gasteiger partial charge in [-0.1, -0.05) is 42.5 Å². The maximum absolute atomic E-state index is 13.1. The third kappa shape index (κ3) is 4.10. The summed E-state index contributed by atoms with van der Waals surface area (Å²) in [6, 6.07) is 16.4. The Bertz CT molecular complexity index is 1040. The first kappa shape index (κ1) is 19.4. The summed E-state index contributed by atoms with van der Waals surface area (Å²) in [7, 11) is 4.00. The number of aryl methyl sites for hydroxylation is 1. The summed E-state index contributed by atoms with van der Waals surface area (Å²) in [5, 5.41) is 5.68. The molecule has 4 rings (SSSR count). The molecule has 1 aromatic heterocycles. The highest BCUT2D eigenvalue weighted by molar-refractivity contribution is 5.97. The lowest BCUT2D eigenvalue weighted by atomic mass is 9.96. The summed E-state index contributed by atoms with van der Waals surface area (Å²) >= 11 is 0. The van der Waals surface area contributed by atoms with Gasteiger partial charge in [0.15, 0.2) is 0 Å². The second kappa shape index (κ2) is 7.84. The highest BCUT2D eigenvalue weighted by atomic mass is 16.5. The van der Waals surface area contributed by atoms with E-state index in [2.05, 4.69) is 45.5 Å². The fourth-order valence-corrected chi connectivity index (χ4v) is 3.68. The lowest BCUT2D eigenvalue weighted by Gasteiger charge is -2.21. The van der Waals surface area contributed by atoms with Crippen LogP contribution >= 0.6 is 0 Å². The predicted molar refractivity (Wildman–Crippen MR) is 115 cm³/mol. The van der Waals surface area contributed by atoms with Crippen molar-refractivity contribution in [3.8, 4) is 5.75 Å². The van der Waals surface area contributed by atoms with E-state index >= 15 is 0 Å². The van der Waals surface area contributed by atoms with Crippen LogP contribution in [0.15, 0.2) is 54.7 Å². The first-order chi connectivity index (χ1) is 14.0. The van der Waals surface area contributed by atoms with Gasteiger partial charge in [0.25, 0.3) is 5.91 Å². The zero-order chi connectivity index (χ0) is 20.4. The van der Waals surface area contributed by atoms with Crippen LogP contribution in [0.5, 0.6) is 5.75 Å². The number of amides is 1. The fourth-order valence-electron chi connectivity index (χ4n) is 3.68. The minimum atomic E-state index is -0.299. The molecule has 0 spiro atoms. The summed E-state index contributed by atoms with van der Waals surface area (Å²) in [4.78, 5) is 19.6. The van der Waals surface area contributed by atoms with Gasteiger partial charge in [-0.2, -0.15) is 0 Å². The van der Waals surface area contributed by atoms with E-state index in [1.165, 1.54) is 16.3 Å². The van der Waals surface area contributed by atoms with Crippen LogP contribution in [0.3, 0.4) is 0 Å². The van der Waals surface area contributed by atoms with Crippen molar-refractivity contribution < 1.29 is 9.53 Å². The average Bonchev–Trinajstić information content (AvgIpc) is 3.49. The number of nitrogens with zero attached hydrogens (tertiary/aromatic N) is 2. The standard InChI is InChI=1S/C24H27N3O2/c1-17-21(15-19(16-25-17)29-14-13-27(2)3)23(28)26-24(11-12-24)22-10-6-8-18-7-4-5-9-20(18)22/h4-10,15-16H,11-14H2,1-3H3,(H,26,28). The molecule has 2 aromatic carbocycles. The van der Waals surface area contributed by atoms with Crippen molar-refractivity contribution >= 4 is 16.7 Å². The van der Waals surface area contributed by atoms with Crippen LogP contribution in [0.4, 0.5) is 0 Å². The molecule has 5 nitrogen and oxygen atoms in total. The third-order valence-corrected chi connectivity index (χ3v) is 5.52. The van der Waals surface area contributed by atoms with Crippen molar-refractivity contribution in [1.29, 1.82) is 0 Å². The van der Waals surface area contributed by atoms with E-state index in [0.717, 1.165) is 19.4 Å². The average molecular weight is 389 g/mol. The van der Waals surface area contributed by atoms with Crippen molar-refractivity contribution in [3.05, 3.63) is 71.5 Å². The van der Waals surface area contributed by atoms with E-state index in [4.69, 9.17) is 4.74 Å². The molecule has 1 aliphatic rings. The van der Waals surface area contributed by atoms with Crippen molar-refractivity contribution in [3.63, 3.8) is 0 Å². The molecule has 0 bridgehead atoms. The maximum atomic E-state index is 13.1. The molecule has 1 heterocycles. The SMILES string of the molecule is Cc1ncc(OCCN(C)C)cc1C(=O)NC1(c2cccc3ccccc23)CC1. The molecule has 0 radical (unpaired) electrons. The van der Waals surface area contributed by atoms with E-state index < -0.39 is 0 Å². The fraction of sp³-hybridized carbons (Fsp3) is 0.333. The first-order valence-corrected chi connectivity index (χ1v) is 10.0. The van der Waals surface area contributed by atoms with Gasteiger partial charge in [-0.05, 0) is 56.3 Å². The molecule has 1 N–H and O–H groups in total. The number of hydrogen-bond acceptors (Lipinski definition) is 4. The lowest BCUT2D eigenvalue weighted by Crippen LogP contribution is -2.35. The zero-order valence-electron chi connectivity index (χ0n) is 17.2. The predicted octanol–water partition coefficient (Wildman–Crippen LogP) is 3.90. The number of pyridine rings is 1. The largest absolute Gasteiger partial charge is 0.491 e. The van der Waals surface area contributed by atoms with Crippen molar-refractivity contribution in [2.24, 2.45) is 0 Å². The Hall–Kier alpha value is -2.92.